The predicted octanol–water partition coefficient (Wildman–Crippen LogP) is 2.23. The average Bonchev–Trinajstić information content (AvgIpc) is 2.04. The minimum absolute atomic E-state index is 0.896. The van der Waals surface area contributed by atoms with Gasteiger partial charge in [0.25, 0.3) is 0 Å². The van der Waals surface area contributed by atoms with Crippen molar-refractivity contribution >= 4 is 17.2 Å². The number of nitrogens with zero attached hydrogens (tertiary/aromatic N) is 1. The molecule has 64 valence electrons. The van der Waals surface area contributed by atoms with Crippen LogP contribution in [-0.4, -0.2) is 24.0 Å². The molecule has 1 aromatic rings. The van der Waals surface area contributed by atoms with Gasteiger partial charge in [0.1, 0.15) is 4.99 Å². The fourth-order valence-electron chi connectivity index (χ4n) is 1.05. The van der Waals surface area contributed by atoms with Crippen molar-refractivity contribution in [3.63, 3.8) is 0 Å². The van der Waals surface area contributed by atoms with E-state index in [1.165, 1.54) is 5.56 Å². The highest BCUT2D eigenvalue weighted by Crippen LogP contribution is 2.09. The molecule has 0 aliphatic rings. The van der Waals surface area contributed by atoms with Crippen LogP contribution in [0.1, 0.15) is 11.1 Å². The summed E-state index contributed by atoms with van der Waals surface area (Å²) in [5, 5.41) is 0. The van der Waals surface area contributed by atoms with Crippen LogP contribution < -0.4 is 0 Å². The third kappa shape index (κ3) is 1.83. The van der Waals surface area contributed by atoms with Crippen LogP contribution in [0, 0.1) is 6.92 Å². The summed E-state index contributed by atoms with van der Waals surface area (Å²) < 4.78 is 0. The topological polar surface area (TPSA) is 3.24 Å². The van der Waals surface area contributed by atoms with Gasteiger partial charge in [0.05, 0.1) is 0 Å². The van der Waals surface area contributed by atoms with E-state index in [1.54, 1.807) is 0 Å². The maximum Gasteiger partial charge on any atom is 0.108 e. The van der Waals surface area contributed by atoms with Gasteiger partial charge in [0.15, 0.2) is 0 Å². The highest BCUT2D eigenvalue weighted by atomic mass is 32.1. The third-order valence-corrected chi connectivity index (χ3v) is 2.37. The first-order chi connectivity index (χ1) is 5.63. The first kappa shape index (κ1) is 9.20. The molecule has 1 aromatic carbocycles. The van der Waals surface area contributed by atoms with E-state index < -0.39 is 0 Å². The van der Waals surface area contributed by atoms with Gasteiger partial charge < -0.3 is 4.90 Å². The van der Waals surface area contributed by atoms with E-state index in [0.29, 0.717) is 0 Å². The number of thiocarbonyl (C=S) groups is 1. The lowest BCUT2D eigenvalue weighted by Crippen LogP contribution is -2.21. The molecular formula is C10H13NS. The molecule has 0 saturated carbocycles. The van der Waals surface area contributed by atoms with Gasteiger partial charge in [-0.25, -0.2) is 0 Å². The lowest BCUT2D eigenvalue weighted by Gasteiger charge is -2.15. The number of rotatable bonds is 1. The van der Waals surface area contributed by atoms with E-state index in [0.717, 1.165) is 10.6 Å². The molecule has 0 fully saturated rings. The number of hydrogen-bond acceptors (Lipinski definition) is 1. The number of benzene rings is 1. The summed E-state index contributed by atoms with van der Waals surface area (Å²) in [7, 11) is 3.93. The van der Waals surface area contributed by atoms with E-state index in [1.807, 2.05) is 31.1 Å². The first-order valence-corrected chi connectivity index (χ1v) is 4.31. The predicted molar refractivity (Wildman–Crippen MR) is 56.6 cm³/mol. The Morgan fingerprint density at radius 1 is 1.25 bits per heavy atom. The van der Waals surface area contributed by atoms with Crippen molar-refractivity contribution in [1.82, 2.24) is 4.90 Å². The summed E-state index contributed by atoms with van der Waals surface area (Å²) >= 11 is 5.26. The zero-order valence-electron chi connectivity index (χ0n) is 7.66. The van der Waals surface area contributed by atoms with Crippen molar-refractivity contribution in [1.29, 1.82) is 0 Å². The number of hydrogen-bond donors (Lipinski definition) is 0. The second kappa shape index (κ2) is 3.68. The molecule has 0 atom stereocenters. The van der Waals surface area contributed by atoms with Crippen LogP contribution in [0.4, 0.5) is 0 Å². The largest absolute Gasteiger partial charge is 0.368 e. The van der Waals surface area contributed by atoms with Gasteiger partial charge >= 0.3 is 0 Å². The second-order valence-corrected chi connectivity index (χ2v) is 3.40. The standard InChI is InChI=1S/C10H13NS/c1-8-6-4-5-7-9(8)10(12)11(2)3/h4-7H,1-3H3. The molecule has 0 amide bonds. The van der Waals surface area contributed by atoms with Crippen molar-refractivity contribution < 1.29 is 0 Å². The van der Waals surface area contributed by atoms with Gasteiger partial charge in [-0.3, -0.25) is 0 Å². The van der Waals surface area contributed by atoms with Crippen LogP contribution in [0.2, 0.25) is 0 Å². The van der Waals surface area contributed by atoms with Gasteiger partial charge in [-0.15, -0.1) is 0 Å². The summed E-state index contributed by atoms with van der Waals surface area (Å²) in [6.07, 6.45) is 0. The van der Waals surface area contributed by atoms with Crippen LogP contribution in [0.15, 0.2) is 24.3 Å². The van der Waals surface area contributed by atoms with E-state index in [-0.39, 0.29) is 0 Å². The molecule has 0 aliphatic heterocycles. The maximum absolute atomic E-state index is 5.26. The molecule has 0 N–H and O–H groups in total. The molecule has 12 heavy (non-hydrogen) atoms. The zero-order chi connectivity index (χ0) is 9.14. The van der Waals surface area contributed by atoms with Crippen LogP contribution in [0.3, 0.4) is 0 Å². The third-order valence-electron chi connectivity index (χ3n) is 1.78. The smallest absolute Gasteiger partial charge is 0.108 e. The van der Waals surface area contributed by atoms with E-state index in [9.17, 15) is 0 Å². The molecule has 1 nitrogen and oxygen atoms in total. The molecule has 0 unspecified atom stereocenters. The first-order valence-electron chi connectivity index (χ1n) is 3.90. The summed E-state index contributed by atoms with van der Waals surface area (Å²) in [6.45, 7) is 2.07. The van der Waals surface area contributed by atoms with E-state index in [4.69, 9.17) is 12.2 Å². The van der Waals surface area contributed by atoms with Crippen LogP contribution >= 0.6 is 12.2 Å². The van der Waals surface area contributed by atoms with Crippen molar-refractivity contribution in [2.24, 2.45) is 0 Å². The van der Waals surface area contributed by atoms with E-state index in [2.05, 4.69) is 19.1 Å². The van der Waals surface area contributed by atoms with Gasteiger partial charge in [0.2, 0.25) is 0 Å². The molecule has 1 rings (SSSR count). The Morgan fingerprint density at radius 2 is 1.83 bits per heavy atom. The highest BCUT2D eigenvalue weighted by Gasteiger charge is 2.04. The molecular weight excluding hydrogens is 166 g/mol. The average molecular weight is 179 g/mol. The molecule has 0 spiro atoms. The lowest BCUT2D eigenvalue weighted by atomic mass is 10.1. The summed E-state index contributed by atoms with van der Waals surface area (Å²) in [5.41, 5.74) is 2.38. The molecule has 0 saturated heterocycles. The highest BCUT2D eigenvalue weighted by molar-refractivity contribution is 7.80. The fourth-order valence-corrected chi connectivity index (χ4v) is 1.28. The molecule has 0 heterocycles. The Kier molecular flexibility index (Phi) is 2.82. The van der Waals surface area contributed by atoms with Gasteiger partial charge in [0, 0.05) is 19.7 Å². The Balaban J connectivity index is 3.03. The Morgan fingerprint density at radius 3 is 2.33 bits per heavy atom. The zero-order valence-corrected chi connectivity index (χ0v) is 8.48. The van der Waals surface area contributed by atoms with Crippen LogP contribution in [0.25, 0.3) is 0 Å². The number of aryl methyl sites for hydroxylation is 1. The normalized spacial score (nSPS) is 9.58. The van der Waals surface area contributed by atoms with Crippen LogP contribution in [0.5, 0.6) is 0 Å². The van der Waals surface area contributed by atoms with Gasteiger partial charge in [-0.2, -0.15) is 0 Å². The van der Waals surface area contributed by atoms with Gasteiger partial charge in [-0.1, -0.05) is 36.5 Å². The van der Waals surface area contributed by atoms with Crippen molar-refractivity contribution in [3.05, 3.63) is 35.4 Å². The minimum Gasteiger partial charge on any atom is -0.368 e. The van der Waals surface area contributed by atoms with Gasteiger partial charge in [-0.05, 0) is 12.5 Å². The fraction of sp³-hybridized carbons (Fsp3) is 0.300. The summed E-state index contributed by atoms with van der Waals surface area (Å²) in [5.74, 6) is 0. The molecule has 0 aliphatic carbocycles. The molecule has 0 aromatic heterocycles. The lowest BCUT2D eigenvalue weighted by molar-refractivity contribution is 0.636. The van der Waals surface area contributed by atoms with Crippen molar-refractivity contribution in [3.8, 4) is 0 Å². The quantitative estimate of drug-likeness (QED) is 0.608. The Hall–Kier alpha value is -0.890. The van der Waals surface area contributed by atoms with Crippen molar-refractivity contribution in [2.75, 3.05) is 14.1 Å². The van der Waals surface area contributed by atoms with Crippen molar-refractivity contribution in [2.45, 2.75) is 6.92 Å². The molecule has 0 bridgehead atoms. The Bertz CT molecular complexity index is 292. The maximum atomic E-state index is 5.26. The monoisotopic (exact) mass is 179 g/mol. The molecule has 0 radical (unpaired) electrons. The summed E-state index contributed by atoms with van der Waals surface area (Å²) in [4.78, 5) is 2.85. The SMILES string of the molecule is Cc1ccccc1C(=S)N(C)C. The Labute approximate surface area is 79.0 Å². The second-order valence-electron chi connectivity index (χ2n) is 3.01. The minimum atomic E-state index is 0.896. The van der Waals surface area contributed by atoms with Crippen LogP contribution in [-0.2, 0) is 0 Å². The van der Waals surface area contributed by atoms with E-state index >= 15 is 0 Å². The summed E-state index contributed by atoms with van der Waals surface area (Å²) in [6, 6.07) is 8.16. The molecule has 2 heteroatoms.